The molecule has 148 valence electrons. The minimum absolute atomic E-state index is 0.168. The molecule has 1 aromatic carbocycles. The third kappa shape index (κ3) is 3.47. The minimum Gasteiger partial charge on any atom is -0.465 e. The zero-order valence-electron chi connectivity index (χ0n) is 16.4. The Morgan fingerprint density at radius 1 is 1.21 bits per heavy atom. The summed E-state index contributed by atoms with van der Waals surface area (Å²) in [6.07, 6.45) is 0.798. The Kier molecular flexibility index (Phi) is 5.02. The Bertz CT molecular complexity index is 1240. The summed E-state index contributed by atoms with van der Waals surface area (Å²) in [6.45, 7) is 3.95. The van der Waals surface area contributed by atoms with Gasteiger partial charge in [0.15, 0.2) is 5.65 Å². The quantitative estimate of drug-likeness (QED) is 0.506. The monoisotopic (exact) mass is 408 g/mol. The highest BCUT2D eigenvalue weighted by atomic mass is 32.1. The van der Waals surface area contributed by atoms with Crippen molar-refractivity contribution < 1.29 is 14.3 Å². The number of aryl methyl sites for hydroxylation is 2. The Morgan fingerprint density at radius 2 is 2.00 bits per heavy atom. The molecule has 4 aromatic rings. The molecule has 3 heterocycles. The molecule has 1 N–H and O–H groups in total. The van der Waals surface area contributed by atoms with Crippen LogP contribution in [0.3, 0.4) is 0 Å². The normalized spacial score (nSPS) is 11.1. The van der Waals surface area contributed by atoms with Gasteiger partial charge in [-0.05, 0) is 49.4 Å². The van der Waals surface area contributed by atoms with E-state index in [-0.39, 0.29) is 12.3 Å². The van der Waals surface area contributed by atoms with Crippen LogP contribution in [0.4, 0.5) is 5.69 Å². The summed E-state index contributed by atoms with van der Waals surface area (Å²) >= 11 is 1.24. The van der Waals surface area contributed by atoms with Crippen molar-refractivity contribution in [2.45, 2.75) is 26.7 Å². The van der Waals surface area contributed by atoms with Crippen molar-refractivity contribution in [2.24, 2.45) is 0 Å². The molecule has 0 aliphatic heterocycles. The van der Waals surface area contributed by atoms with E-state index in [9.17, 15) is 9.59 Å². The Balaban J connectivity index is 1.55. The number of nitrogens with one attached hydrogen (secondary N) is 1. The van der Waals surface area contributed by atoms with Crippen LogP contribution < -0.4 is 5.32 Å². The van der Waals surface area contributed by atoms with Crippen LogP contribution in [-0.2, 0) is 16.0 Å². The van der Waals surface area contributed by atoms with Crippen LogP contribution in [0.25, 0.3) is 16.6 Å². The number of hydrogen-bond acceptors (Lipinski definition) is 6. The first-order valence-electron chi connectivity index (χ1n) is 9.18. The number of benzene rings is 1. The first-order valence-corrected chi connectivity index (χ1v) is 10.1. The highest BCUT2D eigenvalue weighted by Gasteiger charge is 2.17. The SMILES string of the molecule is COC(=O)c1sccc1NC(=O)CCc1c(C)nc2c3ccccc3nn2c1C. The van der Waals surface area contributed by atoms with Crippen LogP contribution in [-0.4, -0.2) is 33.6 Å². The number of fused-ring (bicyclic) bond motifs is 3. The predicted molar refractivity (Wildman–Crippen MR) is 113 cm³/mol. The van der Waals surface area contributed by atoms with Gasteiger partial charge in [0.1, 0.15) is 4.88 Å². The van der Waals surface area contributed by atoms with Gasteiger partial charge in [0.05, 0.1) is 18.3 Å². The first kappa shape index (κ1) is 19.1. The van der Waals surface area contributed by atoms with Crippen molar-refractivity contribution in [1.29, 1.82) is 0 Å². The summed E-state index contributed by atoms with van der Waals surface area (Å²) < 4.78 is 6.59. The van der Waals surface area contributed by atoms with Crippen molar-refractivity contribution in [2.75, 3.05) is 12.4 Å². The number of carbonyl (C=O) groups is 2. The van der Waals surface area contributed by atoms with Gasteiger partial charge in [0, 0.05) is 23.2 Å². The molecule has 0 unspecified atom stereocenters. The van der Waals surface area contributed by atoms with Gasteiger partial charge in [-0.25, -0.2) is 14.3 Å². The van der Waals surface area contributed by atoms with E-state index in [4.69, 9.17) is 9.72 Å². The van der Waals surface area contributed by atoms with Crippen molar-refractivity contribution in [3.63, 3.8) is 0 Å². The molecule has 0 saturated carbocycles. The molecular formula is C21H20N4O3S. The van der Waals surface area contributed by atoms with E-state index in [1.54, 1.807) is 11.4 Å². The van der Waals surface area contributed by atoms with Crippen LogP contribution >= 0.6 is 11.3 Å². The lowest BCUT2D eigenvalue weighted by molar-refractivity contribution is -0.116. The van der Waals surface area contributed by atoms with Gasteiger partial charge < -0.3 is 10.1 Å². The molecule has 4 rings (SSSR count). The number of methoxy groups -OCH3 is 1. The van der Waals surface area contributed by atoms with E-state index in [2.05, 4.69) is 10.4 Å². The van der Waals surface area contributed by atoms with E-state index in [1.165, 1.54) is 18.4 Å². The molecule has 0 saturated heterocycles. The lowest BCUT2D eigenvalue weighted by atomic mass is 10.1. The second kappa shape index (κ2) is 7.63. The fraction of sp³-hybridized carbons (Fsp3) is 0.238. The minimum atomic E-state index is -0.456. The molecule has 0 aliphatic rings. The number of nitrogens with zero attached hydrogens (tertiary/aromatic N) is 3. The first-order chi connectivity index (χ1) is 14.0. The largest absolute Gasteiger partial charge is 0.465 e. The Labute approximate surface area is 171 Å². The summed E-state index contributed by atoms with van der Waals surface area (Å²) in [6, 6.07) is 9.60. The Hall–Kier alpha value is -3.26. The molecule has 3 aromatic heterocycles. The number of ether oxygens (including phenoxy) is 1. The van der Waals surface area contributed by atoms with Crippen LogP contribution in [0, 0.1) is 13.8 Å². The van der Waals surface area contributed by atoms with Crippen LogP contribution in [0.5, 0.6) is 0 Å². The fourth-order valence-electron chi connectivity index (χ4n) is 3.45. The van der Waals surface area contributed by atoms with Crippen LogP contribution in [0.15, 0.2) is 35.7 Å². The zero-order valence-corrected chi connectivity index (χ0v) is 17.2. The second-order valence-corrected chi connectivity index (χ2v) is 7.63. The van der Waals surface area contributed by atoms with E-state index >= 15 is 0 Å². The van der Waals surface area contributed by atoms with E-state index in [0.29, 0.717) is 17.0 Å². The van der Waals surface area contributed by atoms with Crippen LogP contribution in [0.2, 0.25) is 0 Å². The summed E-state index contributed by atoms with van der Waals surface area (Å²) in [7, 11) is 1.32. The average molecular weight is 408 g/mol. The van der Waals surface area contributed by atoms with Crippen LogP contribution in [0.1, 0.15) is 33.0 Å². The molecule has 0 bridgehead atoms. The predicted octanol–water partition coefficient (Wildman–Crippen LogP) is 3.92. The third-order valence-electron chi connectivity index (χ3n) is 4.93. The number of esters is 1. The summed E-state index contributed by atoms with van der Waals surface area (Å²) in [5.74, 6) is -0.625. The maximum absolute atomic E-state index is 12.5. The molecule has 7 nitrogen and oxygen atoms in total. The number of amides is 1. The molecule has 0 aliphatic carbocycles. The van der Waals surface area contributed by atoms with E-state index < -0.39 is 5.97 Å². The number of hydrogen-bond donors (Lipinski definition) is 1. The van der Waals surface area contributed by atoms with Gasteiger partial charge in [0.2, 0.25) is 5.91 Å². The molecule has 8 heteroatoms. The lowest BCUT2D eigenvalue weighted by Crippen LogP contribution is -2.15. The molecular weight excluding hydrogens is 388 g/mol. The number of rotatable bonds is 5. The lowest BCUT2D eigenvalue weighted by Gasteiger charge is -2.11. The van der Waals surface area contributed by atoms with Crippen molar-refractivity contribution in [1.82, 2.24) is 14.6 Å². The van der Waals surface area contributed by atoms with Crippen molar-refractivity contribution in [3.05, 3.63) is 57.5 Å². The molecule has 29 heavy (non-hydrogen) atoms. The molecule has 0 fully saturated rings. The number of thiophene rings is 1. The number of aromatic nitrogens is 3. The Morgan fingerprint density at radius 3 is 2.79 bits per heavy atom. The molecule has 0 spiro atoms. The summed E-state index contributed by atoms with van der Waals surface area (Å²) in [5, 5.41) is 10.2. The average Bonchev–Trinajstić information content (AvgIpc) is 3.32. The fourth-order valence-corrected chi connectivity index (χ4v) is 4.21. The second-order valence-electron chi connectivity index (χ2n) is 6.72. The van der Waals surface area contributed by atoms with Gasteiger partial charge >= 0.3 is 5.97 Å². The zero-order chi connectivity index (χ0) is 20.5. The van der Waals surface area contributed by atoms with Crippen molar-refractivity contribution >= 4 is 45.5 Å². The van der Waals surface area contributed by atoms with Gasteiger partial charge in [-0.3, -0.25) is 4.79 Å². The van der Waals surface area contributed by atoms with Crippen molar-refractivity contribution in [3.8, 4) is 0 Å². The maximum Gasteiger partial charge on any atom is 0.350 e. The molecule has 0 atom stereocenters. The summed E-state index contributed by atoms with van der Waals surface area (Å²) in [4.78, 5) is 29.4. The smallest absolute Gasteiger partial charge is 0.350 e. The standard InChI is InChI=1S/C21H20N4O3S/c1-12-14(8-9-18(26)23-17-10-11-29-19(17)21(27)28-3)13(2)25-20(22-12)15-6-4-5-7-16(15)24-25/h4-7,10-11H,8-9H2,1-3H3,(H,23,26). The molecule has 0 radical (unpaired) electrons. The molecule has 1 amide bonds. The van der Waals surface area contributed by atoms with Gasteiger partial charge in [0.25, 0.3) is 0 Å². The van der Waals surface area contributed by atoms with Gasteiger partial charge in [-0.1, -0.05) is 12.1 Å². The maximum atomic E-state index is 12.5. The number of carbonyl (C=O) groups excluding carboxylic acids is 2. The number of anilines is 1. The third-order valence-corrected chi connectivity index (χ3v) is 5.82. The summed E-state index contributed by atoms with van der Waals surface area (Å²) in [5.41, 5.74) is 5.06. The highest BCUT2D eigenvalue weighted by Crippen LogP contribution is 2.25. The van der Waals surface area contributed by atoms with Gasteiger partial charge in [-0.2, -0.15) is 5.10 Å². The van der Waals surface area contributed by atoms with Gasteiger partial charge in [-0.15, -0.1) is 11.3 Å². The van der Waals surface area contributed by atoms with E-state index in [1.807, 2.05) is 42.6 Å². The highest BCUT2D eigenvalue weighted by molar-refractivity contribution is 7.12. The topological polar surface area (TPSA) is 85.6 Å². The van der Waals surface area contributed by atoms with E-state index in [0.717, 1.165) is 33.5 Å².